The van der Waals surface area contributed by atoms with E-state index in [1.807, 2.05) is 0 Å². The maximum Gasteiger partial charge on any atom is 0.410 e. The first-order valence-electron chi connectivity index (χ1n) is 5.95. The number of benzene rings is 1. The Kier molecular flexibility index (Phi) is 3.35. The summed E-state index contributed by atoms with van der Waals surface area (Å²) in [7, 11) is 0. The molecular weight excluding hydrogens is 286 g/mol. The van der Waals surface area contributed by atoms with Gasteiger partial charge in [-0.25, -0.2) is 18.6 Å². The van der Waals surface area contributed by atoms with Crippen molar-refractivity contribution in [1.82, 2.24) is 9.88 Å². The van der Waals surface area contributed by atoms with Crippen LogP contribution in [0.25, 0.3) is 11.3 Å². The summed E-state index contributed by atoms with van der Waals surface area (Å²) < 4.78 is 30.9. The Morgan fingerprint density at radius 2 is 2.20 bits per heavy atom. The largest absolute Gasteiger partial charge is 0.448 e. The highest BCUT2D eigenvalue weighted by Crippen LogP contribution is 2.24. The van der Waals surface area contributed by atoms with E-state index in [2.05, 4.69) is 4.98 Å². The minimum atomic E-state index is -0.903. The first-order chi connectivity index (χ1) is 9.63. The van der Waals surface area contributed by atoms with Crippen LogP contribution in [0.5, 0.6) is 0 Å². The van der Waals surface area contributed by atoms with Crippen molar-refractivity contribution < 1.29 is 18.3 Å². The fourth-order valence-corrected chi connectivity index (χ4v) is 2.72. The van der Waals surface area contributed by atoms with Gasteiger partial charge in [-0.1, -0.05) is 0 Å². The van der Waals surface area contributed by atoms with Gasteiger partial charge < -0.3 is 4.74 Å². The Morgan fingerprint density at radius 3 is 2.90 bits per heavy atom. The molecule has 0 spiro atoms. The first kappa shape index (κ1) is 13.0. The van der Waals surface area contributed by atoms with E-state index < -0.39 is 11.6 Å². The smallest absolute Gasteiger partial charge is 0.410 e. The number of amides is 1. The second kappa shape index (κ2) is 5.16. The molecule has 1 aromatic heterocycles. The van der Waals surface area contributed by atoms with E-state index in [1.165, 1.54) is 17.4 Å². The molecule has 0 saturated carbocycles. The van der Waals surface area contributed by atoms with Crippen LogP contribution in [0.15, 0.2) is 23.6 Å². The van der Waals surface area contributed by atoms with Gasteiger partial charge in [0.15, 0.2) is 11.6 Å². The number of nitrogens with zero attached hydrogens (tertiary/aromatic N) is 2. The fraction of sp³-hybridized carbons (Fsp3) is 0.231. The van der Waals surface area contributed by atoms with Gasteiger partial charge in [-0.2, -0.15) is 0 Å². The van der Waals surface area contributed by atoms with Crippen LogP contribution in [-0.2, 0) is 11.3 Å². The zero-order valence-electron chi connectivity index (χ0n) is 10.3. The number of thiazole rings is 1. The lowest BCUT2D eigenvalue weighted by Gasteiger charge is -2.09. The van der Waals surface area contributed by atoms with E-state index in [-0.39, 0.29) is 6.09 Å². The van der Waals surface area contributed by atoms with Gasteiger partial charge in [-0.3, -0.25) is 4.90 Å². The summed E-state index contributed by atoms with van der Waals surface area (Å²) >= 11 is 1.37. The summed E-state index contributed by atoms with van der Waals surface area (Å²) in [4.78, 5) is 17.2. The number of carbonyl (C=O) groups is 1. The van der Waals surface area contributed by atoms with Crippen LogP contribution in [-0.4, -0.2) is 29.1 Å². The molecule has 1 aromatic carbocycles. The molecule has 20 heavy (non-hydrogen) atoms. The zero-order chi connectivity index (χ0) is 14.1. The number of rotatable bonds is 3. The number of ether oxygens (including phenoxy) is 1. The topological polar surface area (TPSA) is 42.4 Å². The summed E-state index contributed by atoms with van der Waals surface area (Å²) in [5.41, 5.74) is 1.08. The van der Waals surface area contributed by atoms with Gasteiger partial charge in [0, 0.05) is 10.9 Å². The molecule has 2 heterocycles. The van der Waals surface area contributed by atoms with Gasteiger partial charge in [0.1, 0.15) is 11.6 Å². The van der Waals surface area contributed by atoms with Crippen molar-refractivity contribution in [2.45, 2.75) is 6.54 Å². The van der Waals surface area contributed by atoms with Crippen LogP contribution >= 0.6 is 11.3 Å². The van der Waals surface area contributed by atoms with Crippen molar-refractivity contribution in [2.24, 2.45) is 0 Å². The average Bonchev–Trinajstić information content (AvgIpc) is 3.04. The van der Waals surface area contributed by atoms with E-state index in [4.69, 9.17) is 4.74 Å². The molecule has 0 bridgehead atoms. The van der Waals surface area contributed by atoms with E-state index in [1.54, 1.807) is 10.3 Å². The highest BCUT2D eigenvalue weighted by molar-refractivity contribution is 7.09. The molecule has 2 aromatic rings. The monoisotopic (exact) mass is 296 g/mol. The number of hydrogen-bond acceptors (Lipinski definition) is 4. The maximum atomic E-state index is 13.2. The van der Waals surface area contributed by atoms with Crippen molar-refractivity contribution in [1.29, 1.82) is 0 Å². The fourth-order valence-electron chi connectivity index (χ4n) is 1.90. The van der Waals surface area contributed by atoms with Crippen molar-refractivity contribution >= 4 is 17.4 Å². The van der Waals surface area contributed by atoms with Crippen molar-refractivity contribution in [2.75, 3.05) is 13.2 Å². The lowest BCUT2D eigenvalue weighted by atomic mass is 10.2. The Bertz CT molecular complexity index is 660. The van der Waals surface area contributed by atoms with Crippen LogP contribution in [0, 0.1) is 11.6 Å². The van der Waals surface area contributed by atoms with Crippen LogP contribution in [0.3, 0.4) is 0 Å². The van der Waals surface area contributed by atoms with Crippen LogP contribution in [0.1, 0.15) is 5.01 Å². The summed E-state index contributed by atoms with van der Waals surface area (Å²) in [6, 6.07) is 3.65. The van der Waals surface area contributed by atoms with Crippen LogP contribution in [0.4, 0.5) is 13.6 Å². The lowest BCUT2D eigenvalue weighted by molar-refractivity contribution is 0.157. The summed E-state index contributed by atoms with van der Waals surface area (Å²) in [6.45, 7) is 1.30. The first-order valence-corrected chi connectivity index (χ1v) is 6.83. The molecule has 4 nitrogen and oxygen atoms in total. The second-order valence-electron chi connectivity index (χ2n) is 4.29. The van der Waals surface area contributed by atoms with Gasteiger partial charge >= 0.3 is 6.09 Å². The number of halogens is 2. The predicted octanol–water partition coefficient (Wildman–Crippen LogP) is 3.04. The minimum Gasteiger partial charge on any atom is -0.448 e. The van der Waals surface area contributed by atoms with Crippen LogP contribution < -0.4 is 0 Å². The van der Waals surface area contributed by atoms with Crippen molar-refractivity contribution in [3.05, 3.63) is 40.2 Å². The van der Waals surface area contributed by atoms with E-state index in [0.29, 0.717) is 31.0 Å². The van der Waals surface area contributed by atoms with Gasteiger partial charge in [0.25, 0.3) is 0 Å². The van der Waals surface area contributed by atoms with Gasteiger partial charge in [0.2, 0.25) is 0 Å². The number of cyclic esters (lactones) is 1. The molecule has 0 atom stereocenters. The highest BCUT2D eigenvalue weighted by Gasteiger charge is 2.23. The average molecular weight is 296 g/mol. The van der Waals surface area contributed by atoms with E-state index >= 15 is 0 Å². The lowest BCUT2D eigenvalue weighted by Crippen LogP contribution is -2.23. The van der Waals surface area contributed by atoms with Gasteiger partial charge in [-0.05, 0) is 18.2 Å². The molecule has 1 aliphatic heterocycles. The molecule has 0 N–H and O–H groups in total. The standard InChI is InChI=1S/C13H10F2N2O2S/c14-9-2-1-8(5-10(9)15)11-7-20-12(16-11)6-17-3-4-19-13(17)18/h1-2,5,7H,3-4,6H2. The molecule has 0 unspecified atom stereocenters. The van der Waals surface area contributed by atoms with Crippen molar-refractivity contribution in [3.8, 4) is 11.3 Å². The highest BCUT2D eigenvalue weighted by atomic mass is 32.1. The molecule has 1 fully saturated rings. The summed E-state index contributed by atoms with van der Waals surface area (Å²) in [5, 5.41) is 2.48. The van der Waals surface area contributed by atoms with Gasteiger partial charge in [0.05, 0.1) is 18.8 Å². The third-order valence-corrected chi connectivity index (χ3v) is 3.77. The molecule has 1 aliphatic rings. The Morgan fingerprint density at radius 1 is 1.35 bits per heavy atom. The number of hydrogen-bond donors (Lipinski definition) is 0. The number of aromatic nitrogens is 1. The zero-order valence-corrected chi connectivity index (χ0v) is 11.1. The second-order valence-corrected chi connectivity index (χ2v) is 5.23. The summed E-state index contributed by atoms with van der Waals surface area (Å²) in [5.74, 6) is -1.79. The molecular formula is C13H10F2N2O2S. The third-order valence-electron chi connectivity index (χ3n) is 2.94. The molecule has 1 amide bonds. The van der Waals surface area contributed by atoms with E-state index in [0.717, 1.165) is 17.1 Å². The molecule has 3 rings (SSSR count). The summed E-state index contributed by atoms with van der Waals surface area (Å²) in [6.07, 6.45) is -0.352. The molecule has 104 valence electrons. The normalized spacial score (nSPS) is 14.7. The molecule has 7 heteroatoms. The van der Waals surface area contributed by atoms with Crippen molar-refractivity contribution in [3.63, 3.8) is 0 Å². The van der Waals surface area contributed by atoms with E-state index in [9.17, 15) is 13.6 Å². The maximum absolute atomic E-state index is 13.2. The minimum absolute atomic E-state index is 0.352. The Hall–Kier alpha value is -2.02. The SMILES string of the molecule is O=C1OCCN1Cc1nc(-c2ccc(F)c(F)c2)cs1. The Labute approximate surface area is 117 Å². The predicted molar refractivity (Wildman–Crippen MR) is 69.2 cm³/mol. The molecule has 1 saturated heterocycles. The third kappa shape index (κ3) is 2.49. The number of carbonyl (C=O) groups excluding carboxylic acids is 1. The Balaban J connectivity index is 1.79. The quantitative estimate of drug-likeness (QED) is 0.874. The molecule has 0 radical (unpaired) electrons. The van der Waals surface area contributed by atoms with Gasteiger partial charge in [-0.15, -0.1) is 11.3 Å². The van der Waals surface area contributed by atoms with Crippen LogP contribution in [0.2, 0.25) is 0 Å². The molecule has 0 aliphatic carbocycles.